The monoisotopic (exact) mass is 942 g/mol. The molecule has 6 nitrogen and oxygen atoms in total. The van der Waals surface area contributed by atoms with Crippen molar-refractivity contribution in [1.82, 2.24) is 5.32 Å². The Kier molecular flexibility index (Phi) is 55.0. The van der Waals surface area contributed by atoms with E-state index in [4.69, 9.17) is 4.74 Å². The summed E-state index contributed by atoms with van der Waals surface area (Å²) in [5.41, 5.74) is 0. The molecule has 1 amide bonds. The van der Waals surface area contributed by atoms with Gasteiger partial charge in [0, 0.05) is 12.8 Å². The Hall–Kier alpha value is -1.92. The van der Waals surface area contributed by atoms with Gasteiger partial charge in [-0.05, 0) is 83.5 Å². The van der Waals surface area contributed by atoms with Crippen LogP contribution in [0.3, 0.4) is 0 Å². The summed E-state index contributed by atoms with van der Waals surface area (Å²) in [6, 6.07) is -0.549. The van der Waals surface area contributed by atoms with E-state index in [1.807, 2.05) is 0 Å². The largest absolute Gasteiger partial charge is 0.466 e. The van der Waals surface area contributed by atoms with Gasteiger partial charge in [-0.3, -0.25) is 9.59 Å². The van der Waals surface area contributed by atoms with Crippen LogP contribution in [0.25, 0.3) is 0 Å². The minimum Gasteiger partial charge on any atom is -0.466 e. The van der Waals surface area contributed by atoms with Crippen molar-refractivity contribution in [3.8, 4) is 0 Å². The van der Waals surface area contributed by atoms with Crippen molar-refractivity contribution in [2.75, 3.05) is 13.2 Å². The second-order valence-corrected chi connectivity index (χ2v) is 20.3. The summed E-state index contributed by atoms with van der Waals surface area (Å²) < 4.78 is 5.46. The molecule has 0 fully saturated rings. The number of carbonyl (C=O) groups is 2. The van der Waals surface area contributed by atoms with E-state index in [1.165, 1.54) is 225 Å². The zero-order valence-corrected chi connectivity index (χ0v) is 44.9. The fourth-order valence-electron chi connectivity index (χ4n) is 9.08. The standard InChI is InChI=1S/C61H115NO5/c1-3-5-7-9-11-13-15-17-27-30-33-37-41-45-49-53-59(64)58(57-63)62-60(65)54-50-46-42-38-34-31-28-25-23-21-19-18-20-22-24-26-29-32-36-40-44-48-52-56-67-61(66)55-51-47-43-39-35-16-14-12-10-8-6-4-2/h12,14,18,20-21,23,58-59,63-64H,3-11,13,15-17,19,22,24-57H2,1-2H3,(H,62,65)/b14-12-,20-18-,23-21-. The highest BCUT2D eigenvalue weighted by Gasteiger charge is 2.20. The second-order valence-electron chi connectivity index (χ2n) is 20.3. The Bertz CT molecular complexity index is 1090. The van der Waals surface area contributed by atoms with Crippen molar-refractivity contribution >= 4 is 11.9 Å². The summed E-state index contributed by atoms with van der Waals surface area (Å²) in [4.78, 5) is 24.5. The lowest BCUT2D eigenvalue weighted by atomic mass is 10.0. The Balaban J connectivity index is 3.46. The number of esters is 1. The minimum absolute atomic E-state index is 0.00321. The fraction of sp³-hybridized carbons (Fsp3) is 0.869. The molecular weight excluding hydrogens is 827 g/mol. The molecular formula is C61H115NO5. The van der Waals surface area contributed by atoms with E-state index in [0.29, 0.717) is 25.9 Å². The van der Waals surface area contributed by atoms with Crippen LogP contribution in [0.4, 0.5) is 0 Å². The van der Waals surface area contributed by atoms with E-state index in [9.17, 15) is 19.8 Å². The lowest BCUT2D eigenvalue weighted by molar-refractivity contribution is -0.143. The lowest BCUT2D eigenvalue weighted by Gasteiger charge is -2.22. The number of aliphatic hydroxyl groups is 2. The first-order valence-corrected chi connectivity index (χ1v) is 29.7. The molecule has 0 aromatic rings. The first-order valence-electron chi connectivity index (χ1n) is 29.7. The molecule has 0 heterocycles. The van der Waals surface area contributed by atoms with Crippen LogP contribution in [-0.2, 0) is 14.3 Å². The van der Waals surface area contributed by atoms with Crippen molar-refractivity contribution in [1.29, 1.82) is 0 Å². The summed E-state index contributed by atoms with van der Waals surface area (Å²) in [5.74, 6) is -0.0477. The van der Waals surface area contributed by atoms with Crippen molar-refractivity contribution in [3.63, 3.8) is 0 Å². The zero-order valence-electron chi connectivity index (χ0n) is 44.9. The van der Waals surface area contributed by atoms with Crippen LogP contribution < -0.4 is 5.32 Å². The van der Waals surface area contributed by atoms with Crippen LogP contribution in [0.5, 0.6) is 0 Å². The van der Waals surface area contributed by atoms with Crippen molar-refractivity contribution < 1.29 is 24.5 Å². The van der Waals surface area contributed by atoms with Gasteiger partial charge in [-0.1, -0.05) is 256 Å². The maximum atomic E-state index is 12.5. The van der Waals surface area contributed by atoms with Crippen LogP contribution in [0, 0.1) is 0 Å². The van der Waals surface area contributed by atoms with Crippen LogP contribution in [-0.4, -0.2) is 47.4 Å². The molecule has 0 saturated heterocycles. The molecule has 0 aliphatic carbocycles. The van der Waals surface area contributed by atoms with Crippen LogP contribution in [0.1, 0.15) is 316 Å². The van der Waals surface area contributed by atoms with E-state index in [2.05, 4.69) is 55.6 Å². The van der Waals surface area contributed by atoms with Crippen molar-refractivity contribution in [2.24, 2.45) is 0 Å². The molecule has 0 saturated carbocycles. The van der Waals surface area contributed by atoms with Gasteiger partial charge in [-0.25, -0.2) is 0 Å². The van der Waals surface area contributed by atoms with Gasteiger partial charge < -0.3 is 20.3 Å². The van der Waals surface area contributed by atoms with Crippen LogP contribution in [0.15, 0.2) is 36.5 Å². The summed E-state index contributed by atoms with van der Waals surface area (Å²) in [6.07, 6.45) is 70.0. The molecule has 67 heavy (non-hydrogen) atoms. The maximum absolute atomic E-state index is 12.5. The SMILES string of the molecule is CCCCC/C=C\CCCCCCCC(=O)OCCCCCCCCCCC/C=C\C/C=C\CCCCCCCCCC(=O)NC(CO)C(O)CCCCCCCCCCCCCCCCC. The van der Waals surface area contributed by atoms with E-state index in [1.54, 1.807) is 0 Å². The van der Waals surface area contributed by atoms with Gasteiger partial charge in [0.15, 0.2) is 0 Å². The van der Waals surface area contributed by atoms with Gasteiger partial charge in [-0.2, -0.15) is 0 Å². The lowest BCUT2D eigenvalue weighted by Crippen LogP contribution is -2.45. The third-order valence-electron chi connectivity index (χ3n) is 13.7. The average molecular weight is 943 g/mol. The fourth-order valence-corrected chi connectivity index (χ4v) is 9.08. The number of allylic oxidation sites excluding steroid dienone is 6. The van der Waals surface area contributed by atoms with Gasteiger partial charge >= 0.3 is 5.97 Å². The summed E-state index contributed by atoms with van der Waals surface area (Å²) in [7, 11) is 0. The third kappa shape index (κ3) is 53.3. The van der Waals surface area contributed by atoms with E-state index >= 15 is 0 Å². The highest BCUT2D eigenvalue weighted by Crippen LogP contribution is 2.17. The Labute approximate surface area is 417 Å². The molecule has 0 radical (unpaired) electrons. The molecule has 0 rings (SSSR count). The first-order chi connectivity index (χ1) is 33.0. The number of carbonyl (C=O) groups excluding carboxylic acids is 2. The van der Waals surface area contributed by atoms with Gasteiger partial charge in [-0.15, -0.1) is 0 Å². The molecule has 0 aromatic carbocycles. The van der Waals surface area contributed by atoms with Gasteiger partial charge in [0.25, 0.3) is 0 Å². The summed E-state index contributed by atoms with van der Waals surface area (Å²) >= 11 is 0. The van der Waals surface area contributed by atoms with E-state index in [-0.39, 0.29) is 18.5 Å². The quantitative estimate of drug-likeness (QED) is 0.0321. The highest BCUT2D eigenvalue weighted by molar-refractivity contribution is 5.76. The predicted octanol–water partition coefficient (Wildman–Crippen LogP) is 18.4. The van der Waals surface area contributed by atoms with Crippen molar-refractivity contribution in [3.05, 3.63) is 36.5 Å². The van der Waals surface area contributed by atoms with E-state index < -0.39 is 12.1 Å². The van der Waals surface area contributed by atoms with Crippen LogP contribution in [0.2, 0.25) is 0 Å². The summed E-state index contributed by atoms with van der Waals surface area (Å²) in [6.45, 7) is 4.92. The number of aliphatic hydroxyl groups excluding tert-OH is 2. The smallest absolute Gasteiger partial charge is 0.305 e. The topological polar surface area (TPSA) is 95.9 Å². The van der Waals surface area contributed by atoms with Crippen LogP contribution >= 0.6 is 0 Å². The highest BCUT2D eigenvalue weighted by atomic mass is 16.5. The molecule has 3 N–H and O–H groups in total. The maximum Gasteiger partial charge on any atom is 0.305 e. The van der Waals surface area contributed by atoms with Gasteiger partial charge in [0.1, 0.15) is 0 Å². The number of hydrogen-bond acceptors (Lipinski definition) is 5. The normalized spacial score (nSPS) is 12.8. The van der Waals surface area contributed by atoms with E-state index in [0.717, 1.165) is 57.8 Å². The zero-order chi connectivity index (χ0) is 48.6. The number of amides is 1. The van der Waals surface area contributed by atoms with Crippen molar-refractivity contribution in [2.45, 2.75) is 328 Å². The predicted molar refractivity (Wildman–Crippen MR) is 292 cm³/mol. The average Bonchev–Trinajstić information content (AvgIpc) is 3.33. The third-order valence-corrected chi connectivity index (χ3v) is 13.7. The number of hydrogen-bond donors (Lipinski definition) is 3. The molecule has 0 bridgehead atoms. The molecule has 0 spiro atoms. The minimum atomic E-state index is -0.671. The number of rotatable bonds is 55. The Morgan fingerprint density at radius 2 is 0.746 bits per heavy atom. The molecule has 0 aromatic heterocycles. The molecule has 2 unspecified atom stereocenters. The summed E-state index contributed by atoms with van der Waals surface area (Å²) in [5, 5.41) is 23.3. The number of ether oxygens (including phenoxy) is 1. The molecule has 6 heteroatoms. The first kappa shape index (κ1) is 65.1. The second kappa shape index (κ2) is 56.7. The Morgan fingerprint density at radius 1 is 0.418 bits per heavy atom. The Morgan fingerprint density at radius 3 is 1.18 bits per heavy atom. The molecule has 394 valence electrons. The number of nitrogens with one attached hydrogen (secondary N) is 1. The van der Waals surface area contributed by atoms with Gasteiger partial charge in [0.05, 0.1) is 25.4 Å². The number of unbranched alkanes of at least 4 members (excludes halogenated alkanes) is 38. The molecule has 2 atom stereocenters. The van der Waals surface area contributed by atoms with Gasteiger partial charge in [0.2, 0.25) is 5.91 Å². The molecule has 0 aliphatic heterocycles. The molecule has 0 aliphatic rings.